The van der Waals surface area contributed by atoms with Crippen molar-refractivity contribution >= 4 is 29.1 Å². The summed E-state index contributed by atoms with van der Waals surface area (Å²) in [6.45, 7) is 6.12. The highest BCUT2D eigenvalue weighted by Crippen LogP contribution is 2.27. The van der Waals surface area contributed by atoms with Crippen LogP contribution in [0.3, 0.4) is 0 Å². The van der Waals surface area contributed by atoms with E-state index in [1.165, 1.54) is 16.4 Å². The number of carboxylic acids is 1. The van der Waals surface area contributed by atoms with Gasteiger partial charge in [-0.2, -0.15) is 0 Å². The van der Waals surface area contributed by atoms with Crippen LogP contribution in [0.4, 0.5) is 0 Å². The molecule has 9 heteroatoms. The number of thiazole rings is 1. The van der Waals surface area contributed by atoms with Crippen LogP contribution in [0.25, 0.3) is 0 Å². The van der Waals surface area contributed by atoms with E-state index >= 15 is 0 Å². The molecule has 0 aliphatic carbocycles. The lowest BCUT2D eigenvalue weighted by Crippen LogP contribution is -2.12. The molecule has 0 saturated carbocycles. The lowest BCUT2D eigenvalue weighted by atomic mass is 9.93. The van der Waals surface area contributed by atoms with Crippen molar-refractivity contribution in [1.82, 2.24) is 25.2 Å². The molecule has 0 aliphatic heterocycles. The summed E-state index contributed by atoms with van der Waals surface area (Å²) in [5, 5.41) is 23.2. The summed E-state index contributed by atoms with van der Waals surface area (Å²) in [5.41, 5.74) is 1.09. The fraction of sp³-hybridized carbons (Fsp3) is 0.545. The predicted octanol–water partition coefficient (Wildman–Crippen LogP) is 1.80. The van der Waals surface area contributed by atoms with Crippen LogP contribution in [0.2, 0.25) is 0 Å². The summed E-state index contributed by atoms with van der Waals surface area (Å²) >= 11 is 2.98. The molecule has 0 spiro atoms. The summed E-state index contributed by atoms with van der Waals surface area (Å²) in [6.07, 6.45) is 0. The minimum absolute atomic E-state index is 0.0320. The number of tetrazole rings is 1. The number of nitrogens with zero attached hydrogens (tertiary/aromatic N) is 5. The van der Waals surface area contributed by atoms with Crippen LogP contribution in [-0.2, 0) is 22.5 Å². The highest BCUT2D eigenvalue weighted by molar-refractivity contribution is 7.98. The molecule has 0 aromatic carbocycles. The second kappa shape index (κ2) is 5.88. The van der Waals surface area contributed by atoms with E-state index in [-0.39, 0.29) is 12.0 Å². The monoisotopic (exact) mass is 313 g/mol. The topological polar surface area (TPSA) is 93.8 Å². The Kier molecular flexibility index (Phi) is 4.39. The number of carbonyl (C=O) groups is 1. The molecule has 0 fully saturated rings. The molecule has 0 bridgehead atoms. The maximum atomic E-state index is 10.7. The van der Waals surface area contributed by atoms with Gasteiger partial charge in [0, 0.05) is 10.8 Å². The summed E-state index contributed by atoms with van der Waals surface area (Å²) < 4.78 is 1.27. The van der Waals surface area contributed by atoms with Crippen LogP contribution in [0, 0.1) is 0 Å². The third-order valence-electron chi connectivity index (χ3n) is 2.43. The molecule has 20 heavy (non-hydrogen) atoms. The van der Waals surface area contributed by atoms with Crippen molar-refractivity contribution in [2.24, 2.45) is 0 Å². The molecule has 108 valence electrons. The van der Waals surface area contributed by atoms with Crippen molar-refractivity contribution in [3.63, 3.8) is 0 Å². The van der Waals surface area contributed by atoms with Crippen LogP contribution >= 0.6 is 23.1 Å². The van der Waals surface area contributed by atoms with Gasteiger partial charge in [-0.1, -0.05) is 32.5 Å². The summed E-state index contributed by atoms with van der Waals surface area (Å²) in [4.78, 5) is 15.2. The Morgan fingerprint density at radius 1 is 1.50 bits per heavy atom. The number of aliphatic carboxylic acids is 1. The van der Waals surface area contributed by atoms with E-state index in [4.69, 9.17) is 5.11 Å². The second-order valence-electron chi connectivity index (χ2n) is 5.18. The maximum absolute atomic E-state index is 10.7. The molecule has 2 heterocycles. The van der Waals surface area contributed by atoms with Crippen molar-refractivity contribution in [1.29, 1.82) is 0 Å². The molecule has 2 aromatic rings. The highest BCUT2D eigenvalue weighted by atomic mass is 32.2. The zero-order valence-electron chi connectivity index (χ0n) is 11.4. The molecule has 1 N–H and O–H groups in total. The van der Waals surface area contributed by atoms with Gasteiger partial charge in [-0.05, 0) is 10.4 Å². The van der Waals surface area contributed by atoms with Gasteiger partial charge in [-0.15, -0.1) is 16.4 Å². The Bertz CT molecular complexity index is 602. The lowest BCUT2D eigenvalue weighted by molar-refractivity contribution is -0.138. The van der Waals surface area contributed by atoms with Gasteiger partial charge in [-0.25, -0.2) is 9.67 Å². The number of thioether (sulfide) groups is 1. The van der Waals surface area contributed by atoms with Crippen LogP contribution in [0.5, 0.6) is 0 Å². The Balaban J connectivity index is 2.00. The third kappa shape index (κ3) is 3.76. The Hall–Kier alpha value is -1.48. The molecule has 7 nitrogen and oxygen atoms in total. The first-order chi connectivity index (χ1) is 9.36. The van der Waals surface area contributed by atoms with E-state index in [2.05, 4.69) is 46.7 Å². The third-order valence-corrected chi connectivity index (χ3v) is 4.43. The number of carboxylic acid groups (broad SMARTS) is 1. The summed E-state index contributed by atoms with van der Waals surface area (Å²) in [7, 11) is 0. The van der Waals surface area contributed by atoms with E-state index in [0.29, 0.717) is 10.9 Å². The van der Waals surface area contributed by atoms with Crippen molar-refractivity contribution < 1.29 is 9.90 Å². The maximum Gasteiger partial charge on any atom is 0.325 e. The standard InChI is InChI=1S/C11H15N5O2S2/c1-11(2,3)7-5-19-8(12-7)6-20-10-13-14-15-16(10)4-9(17)18/h5H,4,6H2,1-3H3,(H,17,18). The van der Waals surface area contributed by atoms with Gasteiger partial charge >= 0.3 is 5.97 Å². The first-order valence-electron chi connectivity index (χ1n) is 5.92. The first kappa shape index (κ1) is 14.9. The normalized spacial score (nSPS) is 11.8. The number of aromatic nitrogens is 5. The molecule has 0 radical (unpaired) electrons. The van der Waals surface area contributed by atoms with E-state index in [1.807, 2.05) is 0 Å². The van der Waals surface area contributed by atoms with Gasteiger partial charge in [0.05, 0.1) is 11.4 Å². The zero-order chi connectivity index (χ0) is 14.8. The predicted molar refractivity (Wildman–Crippen MR) is 75.8 cm³/mol. The van der Waals surface area contributed by atoms with E-state index in [0.717, 1.165) is 10.7 Å². The molecule has 0 atom stereocenters. The first-order valence-corrected chi connectivity index (χ1v) is 7.78. The van der Waals surface area contributed by atoms with Gasteiger partial charge < -0.3 is 5.11 Å². The smallest absolute Gasteiger partial charge is 0.325 e. The summed E-state index contributed by atoms with van der Waals surface area (Å²) in [5.74, 6) is -0.343. The van der Waals surface area contributed by atoms with Gasteiger partial charge in [0.15, 0.2) is 0 Å². The average Bonchev–Trinajstić information content (AvgIpc) is 2.93. The number of hydrogen-bond acceptors (Lipinski definition) is 7. The Morgan fingerprint density at radius 3 is 2.85 bits per heavy atom. The van der Waals surface area contributed by atoms with Gasteiger partial charge in [0.25, 0.3) is 0 Å². The molecule has 0 saturated heterocycles. The van der Waals surface area contributed by atoms with E-state index in [9.17, 15) is 4.79 Å². The average molecular weight is 313 g/mol. The fourth-order valence-electron chi connectivity index (χ4n) is 1.38. The molecule has 0 amide bonds. The Labute approximate surface area is 124 Å². The van der Waals surface area contributed by atoms with Crippen molar-refractivity contribution in [2.45, 2.75) is 43.6 Å². The molecule has 0 aliphatic rings. The van der Waals surface area contributed by atoms with E-state index < -0.39 is 5.97 Å². The van der Waals surface area contributed by atoms with Crippen LogP contribution < -0.4 is 0 Å². The van der Waals surface area contributed by atoms with Crippen LogP contribution in [0.1, 0.15) is 31.5 Å². The minimum Gasteiger partial charge on any atom is -0.480 e. The van der Waals surface area contributed by atoms with Gasteiger partial charge in [-0.3, -0.25) is 4.79 Å². The van der Waals surface area contributed by atoms with Crippen LogP contribution in [-0.4, -0.2) is 36.3 Å². The van der Waals surface area contributed by atoms with E-state index in [1.54, 1.807) is 11.3 Å². The highest BCUT2D eigenvalue weighted by Gasteiger charge is 2.18. The Morgan fingerprint density at radius 2 is 2.25 bits per heavy atom. The second-order valence-corrected chi connectivity index (χ2v) is 7.06. The fourth-order valence-corrected chi connectivity index (χ4v) is 3.29. The molecular formula is C11H15N5O2S2. The number of rotatable bonds is 5. The SMILES string of the molecule is CC(C)(C)c1csc(CSc2nnnn2CC(=O)O)n1. The van der Waals surface area contributed by atoms with Crippen molar-refractivity contribution in [3.05, 3.63) is 16.1 Å². The van der Waals surface area contributed by atoms with Crippen molar-refractivity contribution in [2.75, 3.05) is 0 Å². The molecular weight excluding hydrogens is 298 g/mol. The summed E-state index contributed by atoms with van der Waals surface area (Å²) in [6, 6.07) is 0. The quantitative estimate of drug-likeness (QED) is 0.841. The van der Waals surface area contributed by atoms with Crippen LogP contribution in [0.15, 0.2) is 10.5 Å². The molecule has 2 aromatic heterocycles. The van der Waals surface area contributed by atoms with Crippen molar-refractivity contribution in [3.8, 4) is 0 Å². The zero-order valence-corrected chi connectivity index (χ0v) is 13.0. The van der Waals surface area contributed by atoms with Gasteiger partial charge in [0.1, 0.15) is 11.6 Å². The van der Waals surface area contributed by atoms with Gasteiger partial charge in [0.2, 0.25) is 5.16 Å². The molecule has 2 rings (SSSR count). The largest absolute Gasteiger partial charge is 0.480 e. The number of hydrogen-bond donors (Lipinski definition) is 1. The molecule has 0 unspecified atom stereocenters. The minimum atomic E-state index is -0.969. The lowest BCUT2D eigenvalue weighted by Gasteiger charge is -2.14.